The minimum absolute atomic E-state index is 0.0497. The van der Waals surface area contributed by atoms with Gasteiger partial charge in [0.15, 0.2) is 15.7 Å². The fraction of sp³-hybridized carbons (Fsp3) is 0.500. The smallest absolute Gasteiger partial charge is 0.272 e. The Balaban J connectivity index is 3.93. The Morgan fingerprint density at radius 3 is 2.05 bits per heavy atom. The summed E-state index contributed by atoms with van der Waals surface area (Å²) in [7, 11) is -8.40. The van der Waals surface area contributed by atoms with Gasteiger partial charge in [-0.1, -0.05) is 0 Å². The van der Waals surface area contributed by atoms with Crippen LogP contribution in [0.15, 0.2) is 9.69 Å². The second-order valence-corrected chi connectivity index (χ2v) is 7.71. The van der Waals surface area contributed by atoms with Crippen LogP contribution in [-0.4, -0.2) is 37.3 Å². The molecule has 1 heterocycles. The van der Waals surface area contributed by atoms with Gasteiger partial charge in [0.2, 0.25) is 0 Å². The van der Waals surface area contributed by atoms with E-state index in [1.807, 2.05) is 0 Å². The molecular weight excluding hydrogens is 310 g/mol. The summed E-state index contributed by atoms with van der Waals surface area (Å²) in [6.07, 6.45) is 0.811. The number of nitrogens with zero attached hydrogens (tertiary/aromatic N) is 1. The van der Waals surface area contributed by atoms with E-state index in [1.165, 1.54) is 13.8 Å². The van der Waals surface area contributed by atoms with Gasteiger partial charge in [-0.05, 0) is 19.4 Å². The van der Waals surface area contributed by atoms with Crippen LogP contribution in [0.25, 0.3) is 0 Å². The highest BCUT2D eigenvalue weighted by atomic mass is 32.2. The fourth-order valence-corrected chi connectivity index (χ4v) is 3.75. The van der Waals surface area contributed by atoms with Crippen molar-refractivity contribution in [1.29, 1.82) is 0 Å². The summed E-state index contributed by atoms with van der Waals surface area (Å²) in [4.78, 5) is 11.4. The first kappa shape index (κ1) is 16.7. The molecule has 2 N–H and O–H groups in total. The fourth-order valence-electron chi connectivity index (χ4n) is 1.93. The lowest BCUT2D eigenvalue weighted by Crippen LogP contribution is -2.28. The Morgan fingerprint density at radius 1 is 1.20 bits per heavy atom. The summed E-state index contributed by atoms with van der Waals surface area (Å²) in [6.45, 7) is 2.64. The Kier molecular flexibility index (Phi) is 4.32. The van der Waals surface area contributed by atoms with Gasteiger partial charge in [0.05, 0.1) is 0 Å². The van der Waals surface area contributed by atoms with Crippen molar-refractivity contribution >= 4 is 20.0 Å². The summed E-state index contributed by atoms with van der Waals surface area (Å²) in [5.41, 5.74) is -1.42. The topological polar surface area (TPSA) is 131 Å². The molecule has 0 saturated carbocycles. The molecule has 0 fully saturated rings. The maximum absolute atomic E-state index is 12.0. The van der Waals surface area contributed by atoms with Crippen LogP contribution in [0.1, 0.15) is 18.1 Å². The van der Waals surface area contributed by atoms with Crippen LogP contribution in [-0.2, 0) is 32.3 Å². The number of aromatic hydroxyl groups is 1. The second kappa shape index (κ2) is 5.19. The minimum Gasteiger partial charge on any atom is -0.494 e. The first-order chi connectivity index (χ1) is 8.90. The van der Waals surface area contributed by atoms with Crippen LogP contribution in [0.3, 0.4) is 0 Å². The monoisotopic (exact) mass is 325 g/mol. The first-order valence-electron chi connectivity index (χ1n) is 5.50. The van der Waals surface area contributed by atoms with Crippen molar-refractivity contribution in [3.05, 3.63) is 21.5 Å². The molecule has 0 aromatic carbocycles. The van der Waals surface area contributed by atoms with Crippen LogP contribution < -0.4 is 5.56 Å². The summed E-state index contributed by atoms with van der Waals surface area (Å²) < 4.78 is 54.9. The Morgan fingerprint density at radius 2 is 1.70 bits per heavy atom. The van der Waals surface area contributed by atoms with Gasteiger partial charge in [-0.15, -0.1) is 0 Å². The van der Waals surface area contributed by atoms with Gasteiger partial charge in [-0.25, -0.2) is 8.42 Å². The SMILES string of the molecule is CCn1c(O)c(CS(=O)(=O)O)c(C)c(S(C)(=O)=O)c1=O. The zero-order valence-electron chi connectivity index (χ0n) is 11.1. The molecule has 0 spiro atoms. The predicted octanol–water partition coefficient (Wildman–Crippen LogP) is -0.326. The van der Waals surface area contributed by atoms with Crippen molar-refractivity contribution in [2.75, 3.05) is 6.26 Å². The lowest BCUT2D eigenvalue weighted by molar-refractivity contribution is 0.400. The van der Waals surface area contributed by atoms with Gasteiger partial charge in [-0.2, -0.15) is 8.42 Å². The highest BCUT2D eigenvalue weighted by molar-refractivity contribution is 7.90. The molecule has 0 aliphatic carbocycles. The van der Waals surface area contributed by atoms with Crippen molar-refractivity contribution in [2.24, 2.45) is 0 Å². The Hall–Kier alpha value is -1.39. The van der Waals surface area contributed by atoms with Crippen LogP contribution in [0.2, 0.25) is 0 Å². The van der Waals surface area contributed by atoms with Gasteiger partial charge in [0.1, 0.15) is 10.6 Å². The van der Waals surface area contributed by atoms with E-state index in [0.29, 0.717) is 0 Å². The molecule has 0 bridgehead atoms. The van der Waals surface area contributed by atoms with Gasteiger partial charge >= 0.3 is 0 Å². The maximum Gasteiger partial charge on any atom is 0.272 e. The highest BCUT2D eigenvalue weighted by Gasteiger charge is 2.26. The van der Waals surface area contributed by atoms with E-state index in [0.717, 1.165) is 10.8 Å². The predicted molar refractivity (Wildman–Crippen MR) is 71.1 cm³/mol. The molecule has 0 atom stereocenters. The number of hydrogen-bond donors (Lipinski definition) is 2. The van der Waals surface area contributed by atoms with Crippen LogP contribution in [0.5, 0.6) is 5.88 Å². The molecule has 1 aromatic rings. The van der Waals surface area contributed by atoms with Crippen molar-refractivity contribution < 1.29 is 26.5 Å². The van der Waals surface area contributed by atoms with E-state index in [1.54, 1.807) is 0 Å². The van der Waals surface area contributed by atoms with Gasteiger partial charge in [0, 0.05) is 18.4 Å². The highest BCUT2D eigenvalue weighted by Crippen LogP contribution is 2.25. The number of sulfone groups is 1. The third kappa shape index (κ3) is 3.19. The normalized spacial score (nSPS) is 12.6. The van der Waals surface area contributed by atoms with E-state index >= 15 is 0 Å². The molecule has 1 rings (SSSR count). The maximum atomic E-state index is 12.0. The van der Waals surface area contributed by atoms with E-state index in [9.17, 15) is 26.7 Å². The molecule has 0 saturated heterocycles. The molecule has 10 heteroatoms. The van der Waals surface area contributed by atoms with Gasteiger partial charge in [-0.3, -0.25) is 13.9 Å². The zero-order valence-corrected chi connectivity index (χ0v) is 12.7. The van der Waals surface area contributed by atoms with Crippen molar-refractivity contribution in [2.45, 2.75) is 31.0 Å². The lowest BCUT2D eigenvalue weighted by atomic mass is 10.1. The van der Waals surface area contributed by atoms with E-state index in [4.69, 9.17) is 4.55 Å². The molecule has 20 heavy (non-hydrogen) atoms. The van der Waals surface area contributed by atoms with E-state index in [2.05, 4.69) is 0 Å². The van der Waals surface area contributed by atoms with Crippen molar-refractivity contribution in [3.8, 4) is 5.88 Å². The molecule has 0 amide bonds. The third-order valence-corrected chi connectivity index (χ3v) is 4.65. The Bertz CT molecular complexity index is 803. The van der Waals surface area contributed by atoms with Crippen LogP contribution in [0, 0.1) is 6.92 Å². The van der Waals surface area contributed by atoms with Crippen LogP contribution in [0.4, 0.5) is 0 Å². The lowest BCUT2D eigenvalue weighted by Gasteiger charge is -2.15. The summed E-state index contributed by atoms with van der Waals surface area (Å²) >= 11 is 0. The largest absolute Gasteiger partial charge is 0.494 e. The summed E-state index contributed by atoms with van der Waals surface area (Å²) in [6, 6.07) is 0. The van der Waals surface area contributed by atoms with Crippen LogP contribution >= 0.6 is 0 Å². The van der Waals surface area contributed by atoms with Crippen molar-refractivity contribution in [1.82, 2.24) is 4.57 Å². The zero-order chi connectivity index (χ0) is 15.9. The number of pyridine rings is 1. The average molecular weight is 325 g/mol. The number of rotatable bonds is 4. The average Bonchev–Trinajstić information content (AvgIpc) is 2.21. The molecule has 0 aliphatic rings. The standard InChI is InChI=1S/C10H15NO7S2/c1-4-11-9(12)7(5-20(16,17)18)6(2)8(10(11)13)19(3,14)15/h12H,4-5H2,1-3H3,(H,16,17,18). The molecule has 0 aliphatic heterocycles. The number of hydrogen-bond acceptors (Lipinski definition) is 6. The van der Waals surface area contributed by atoms with E-state index in [-0.39, 0.29) is 17.7 Å². The van der Waals surface area contributed by atoms with Crippen molar-refractivity contribution in [3.63, 3.8) is 0 Å². The quantitative estimate of drug-likeness (QED) is 0.725. The molecule has 114 valence electrons. The third-order valence-electron chi connectivity index (χ3n) is 2.77. The molecule has 1 aromatic heterocycles. The number of aromatic nitrogens is 1. The molecular formula is C10H15NO7S2. The molecule has 0 radical (unpaired) electrons. The van der Waals surface area contributed by atoms with Gasteiger partial charge in [0.25, 0.3) is 15.7 Å². The molecule has 0 unspecified atom stereocenters. The van der Waals surface area contributed by atoms with E-state index < -0.39 is 42.0 Å². The minimum atomic E-state index is -4.49. The van der Waals surface area contributed by atoms with Gasteiger partial charge < -0.3 is 5.11 Å². The molecule has 8 nitrogen and oxygen atoms in total. The first-order valence-corrected chi connectivity index (χ1v) is 9.00. The summed E-state index contributed by atoms with van der Waals surface area (Å²) in [5.74, 6) is -1.65. The second-order valence-electron chi connectivity index (χ2n) is 4.30. The summed E-state index contributed by atoms with van der Waals surface area (Å²) in [5, 5.41) is 9.90. The Labute approximate surface area is 116 Å².